The highest BCUT2D eigenvalue weighted by Crippen LogP contribution is 2.17. The van der Waals surface area contributed by atoms with E-state index in [1.807, 2.05) is 0 Å². The molecule has 0 N–H and O–H groups in total. The smallest absolute Gasteiger partial charge is 0.157 e. The van der Waals surface area contributed by atoms with Crippen molar-refractivity contribution in [1.82, 2.24) is 9.78 Å². The van der Waals surface area contributed by atoms with Crippen molar-refractivity contribution in [2.75, 3.05) is 0 Å². The molecule has 0 atom stereocenters. The van der Waals surface area contributed by atoms with Crippen molar-refractivity contribution in [3.63, 3.8) is 0 Å². The van der Waals surface area contributed by atoms with Crippen LogP contribution in [-0.4, -0.2) is 9.78 Å². The Morgan fingerprint density at radius 1 is 1.50 bits per heavy atom. The van der Waals surface area contributed by atoms with Gasteiger partial charge in [-0.1, -0.05) is 22.0 Å². The molecule has 16 heavy (non-hydrogen) atoms. The first-order valence-corrected chi connectivity index (χ1v) is 5.50. The van der Waals surface area contributed by atoms with Crippen LogP contribution in [-0.2, 0) is 13.7 Å². The molecule has 2 rings (SSSR count). The van der Waals surface area contributed by atoms with Crippen molar-refractivity contribution in [3.8, 4) is 5.75 Å². The monoisotopic (exact) mass is 284 g/mol. The summed E-state index contributed by atoms with van der Waals surface area (Å²) in [5.74, 6) is 0.350. The van der Waals surface area contributed by atoms with E-state index >= 15 is 0 Å². The maximum absolute atomic E-state index is 13.4. The highest BCUT2D eigenvalue weighted by atomic mass is 79.9. The van der Waals surface area contributed by atoms with Crippen molar-refractivity contribution < 1.29 is 9.13 Å². The van der Waals surface area contributed by atoms with Gasteiger partial charge in [-0.25, -0.2) is 4.39 Å². The van der Waals surface area contributed by atoms with Crippen molar-refractivity contribution in [3.05, 3.63) is 46.4 Å². The summed E-state index contributed by atoms with van der Waals surface area (Å²) < 4.78 is 21.2. The molecule has 0 saturated carbocycles. The largest absolute Gasteiger partial charge is 0.486 e. The summed E-state index contributed by atoms with van der Waals surface area (Å²) in [6, 6.07) is 4.89. The third-order valence-electron chi connectivity index (χ3n) is 2.09. The lowest BCUT2D eigenvalue weighted by Crippen LogP contribution is -1.97. The number of ether oxygens (including phenoxy) is 1. The highest BCUT2D eigenvalue weighted by Gasteiger charge is 2.04. The Labute approximate surface area is 101 Å². The van der Waals surface area contributed by atoms with E-state index in [9.17, 15) is 4.39 Å². The SMILES string of the molecule is Cn1cc(OCc2ccc(Br)cc2F)cn1. The predicted molar refractivity (Wildman–Crippen MR) is 61.6 cm³/mol. The molecule has 0 spiro atoms. The molecule has 5 heteroatoms. The number of hydrogen-bond acceptors (Lipinski definition) is 2. The van der Waals surface area contributed by atoms with Gasteiger partial charge in [0.05, 0.1) is 12.4 Å². The standard InChI is InChI=1S/C11H10BrFN2O/c1-15-6-10(5-14-15)16-7-8-2-3-9(12)4-11(8)13/h2-6H,7H2,1H3. The van der Waals surface area contributed by atoms with E-state index in [1.54, 1.807) is 36.3 Å². The molecule has 84 valence electrons. The number of rotatable bonds is 3. The van der Waals surface area contributed by atoms with Gasteiger partial charge in [0.25, 0.3) is 0 Å². The molecule has 0 unspecified atom stereocenters. The lowest BCUT2D eigenvalue weighted by atomic mass is 10.2. The van der Waals surface area contributed by atoms with E-state index in [2.05, 4.69) is 21.0 Å². The Kier molecular flexibility index (Phi) is 3.24. The highest BCUT2D eigenvalue weighted by molar-refractivity contribution is 9.10. The van der Waals surface area contributed by atoms with Gasteiger partial charge in [0.2, 0.25) is 0 Å². The number of aromatic nitrogens is 2. The molecule has 0 aliphatic rings. The van der Waals surface area contributed by atoms with Gasteiger partial charge in [0, 0.05) is 17.1 Å². The third-order valence-corrected chi connectivity index (χ3v) is 2.58. The molecule has 0 amide bonds. The van der Waals surface area contributed by atoms with Crippen LogP contribution in [0.3, 0.4) is 0 Å². The van der Waals surface area contributed by atoms with E-state index in [1.165, 1.54) is 6.07 Å². The molecule has 0 aliphatic carbocycles. The maximum atomic E-state index is 13.4. The quantitative estimate of drug-likeness (QED) is 0.867. The molecule has 3 nitrogen and oxygen atoms in total. The van der Waals surface area contributed by atoms with Gasteiger partial charge < -0.3 is 4.74 Å². The Bertz CT molecular complexity index is 498. The van der Waals surface area contributed by atoms with Crippen molar-refractivity contribution in [2.45, 2.75) is 6.61 Å². The number of nitrogens with zero attached hydrogens (tertiary/aromatic N) is 2. The molecule has 0 bridgehead atoms. The van der Waals surface area contributed by atoms with E-state index in [4.69, 9.17) is 4.74 Å². The fourth-order valence-electron chi connectivity index (χ4n) is 1.27. The van der Waals surface area contributed by atoms with Crippen LogP contribution in [0, 0.1) is 5.82 Å². The molecular weight excluding hydrogens is 275 g/mol. The van der Waals surface area contributed by atoms with Crippen LogP contribution in [0.4, 0.5) is 4.39 Å². The minimum Gasteiger partial charge on any atom is -0.486 e. The van der Waals surface area contributed by atoms with Gasteiger partial charge >= 0.3 is 0 Å². The molecule has 1 aromatic carbocycles. The second-order valence-electron chi connectivity index (χ2n) is 3.37. The first-order chi connectivity index (χ1) is 7.65. The van der Waals surface area contributed by atoms with Gasteiger partial charge in [-0.15, -0.1) is 0 Å². The molecule has 0 aliphatic heterocycles. The van der Waals surface area contributed by atoms with Gasteiger partial charge in [-0.3, -0.25) is 4.68 Å². The van der Waals surface area contributed by atoms with Crippen LogP contribution in [0.25, 0.3) is 0 Å². The van der Waals surface area contributed by atoms with Crippen LogP contribution >= 0.6 is 15.9 Å². The Balaban J connectivity index is 2.04. The van der Waals surface area contributed by atoms with Gasteiger partial charge in [-0.05, 0) is 12.1 Å². The summed E-state index contributed by atoms with van der Waals surface area (Å²) in [5, 5.41) is 3.96. The lowest BCUT2D eigenvalue weighted by Gasteiger charge is -2.04. The maximum Gasteiger partial charge on any atom is 0.157 e. The zero-order valence-corrected chi connectivity index (χ0v) is 10.2. The molecule has 0 fully saturated rings. The zero-order valence-electron chi connectivity index (χ0n) is 8.65. The van der Waals surface area contributed by atoms with Gasteiger partial charge in [0.15, 0.2) is 5.75 Å². The Morgan fingerprint density at radius 3 is 2.94 bits per heavy atom. The van der Waals surface area contributed by atoms with Crippen LogP contribution in [0.2, 0.25) is 0 Å². The second-order valence-corrected chi connectivity index (χ2v) is 4.29. The molecule has 0 radical (unpaired) electrons. The Morgan fingerprint density at radius 2 is 2.31 bits per heavy atom. The van der Waals surface area contributed by atoms with Crippen molar-refractivity contribution in [2.24, 2.45) is 7.05 Å². The zero-order chi connectivity index (χ0) is 11.5. The number of aryl methyl sites for hydroxylation is 1. The van der Waals surface area contributed by atoms with Crippen LogP contribution in [0.1, 0.15) is 5.56 Å². The second kappa shape index (κ2) is 4.65. The van der Waals surface area contributed by atoms with E-state index in [0.717, 1.165) is 4.47 Å². The minimum absolute atomic E-state index is 0.199. The topological polar surface area (TPSA) is 27.1 Å². The number of halogens is 2. The molecule has 2 aromatic rings. The molecular formula is C11H10BrFN2O. The van der Waals surface area contributed by atoms with Crippen molar-refractivity contribution in [1.29, 1.82) is 0 Å². The summed E-state index contributed by atoms with van der Waals surface area (Å²) in [7, 11) is 1.80. The average Bonchev–Trinajstić information content (AvgIpc) is 2.63. The fraction of sp³-hybridized carbons (Fsp3) is 0.182. The van der Waals surface area contributed by atoms with Crippen LogP contribution < -0.4 is 4.74 Å². The fourth-order valence-corrected chi connectivity index (χ4v) is 1.61. The first kappa shape index (κ1) is 11.1. The van der Waals surface area contributed by atoms with Crippen molar-refractivity contribution >= 4 is 15.9 Å². The predicted octanol–water partition coefficient (Wildman–Crippen LogP) is 2.90. The average molecular weight is 285 g/mol. The summed E-state index contributed by atoms with van der Waals surface area (Å²) in [6.07, 6.45) is 3.33. The lowest BCUT2D eigenvalue weighted by molar-refractivity contribution is 0.299. The molecule has 0 saturated heterocycles. The van der Waals surface area contributed by atoms with Gasteiger partial charge in [0.1, 0.15) is 12.4 Å². The minimum atomic E-state index is -0.279. The summed E-state index contributed by atoms with van der Waals surface area (Å²) in [4.78, 5) is 0. The Hall–Kier alpha value is -1.36. The van der Waals surface area contributed by atoms with E-state index in [-0.39, 0.29) is 12.4 Å². The normalized spacial score (nSPS) is 10.4. The summed E-state index contributed by atoms with van der Waals surface area (Å²) in [6.45, 7) is 0.199. The summed E-state index contributed by atoms with van der Waals surface area (Å²) in [5.41, 5.74) is 0.520. The van der Waals surface area contributed by atoms with E-state index < -0.39 is 0 Å². The number of hydrogen-bond donors (Lipinski definition) is 0. The number of benzene rings is 1. The van der Waals surface area contributed by atoms with Crippen LogP contribution in [0.15, 0.2) is 35.1 Å². The molecule has 1 heterocycles. The van der Waals surface area contributed by atoms with E-state index in [0.29, 0.717) is 11.3 Å². The molecule has 1 aromatic heterocycles. The first-order valence-electron chi connectivity index (χ1n) is 4.70. The van der Waals surface area contributed by atoms with Crippen LogP contribution in [0.5, 0.6) is 5.75 Å². The summed E-state index contributed by atoms with van der Waals surface area (Å²) >= 11 is 3.20. The van der Waals surface area contributed by atoms with Gasteiger partial charge in [-0.2, -0.15) is 5.10 Å². The third kappa shape index (κ3) is 2.61.